The number of hydrogen-bond donors (Lipinski definition) is 1. The van der Waals surface area contributed by atoms with E-state index in [9.17, 15) is 14.4 Å². The third-order valence-electron chi connectivity index (χ3n) is 8.59. The minimum Gasteiger partial charge on any atom is -0.352 e. The average Bonchev–Trinajstić information content (AvgIpc) is 3.66. The number of thiophene rings is 1. The Morgan fingerprint density at radius 1 is 0.950 bits per heavy atom. The molecule has 40 heavy (non-hydrogen) atoms. The number of carbonyl (C=O) groups excluding carboxylic acids is 3. The lowest BCUT2D eigenvalue weighted by molar-refractivity contribution is -0.121. The topological polar surface area (TPSA) is 66.5 Å². The second-order valence-electron chi connectivity index (χ2n) is 10.7. The lowest BCUT2D eigenvalue weighted by Gasteiger charge is -2.39. The van der Waals surface area contributed by atoms with Gasteiger partial charge in [0.2, 0.25) is 5.91 Å². The van der Waals surface area contributed by atoms with Crippen LogP contribution in [0.25, 0.3) is 5.57 Å². The normalized spacial score (nSPS) is 24.3. The van der Waals surface area contributed by atoms with E-state index < -0.39 is 23.4 Å². The van der Waals surface area contributed by atoms with Crippen LogP contribution in [0.15, 0.2) is 90.3 Å². The van der Waals surface area contributed by atoms with Crippen molar-refractivity contribution in [1.29, 1.82) is 0 Å². The van der Waals surface area contributed by atoms with Crippen LogP contribution in [0.2, 0.25) is 5.02 Å². The lowest BCUT2D eigenvalue weighted by atomic mass is 9.64. The van der Waals surface area contributed by atoms with Gasteiger partial charge in [0, 0.05) is 22.5 Å². The number of anilines is 2. The van der Waals surface area contributed by atoms with E-state index in [0.717, 1.165) is 28.0 Å². The van der Waals surface area contributed by atoms with Crippen LogP contribution in [0.5, 0.6) is 0 Å². The molecule has 3 aliphatic rings. The fourth-order valence-electron chi connectivity index (χ4n) is 6.94. The van der Waals surface area contributed by atoms with E-state index in [1.165, 1.54) is 11.3 Å². The molecule has 0 bridgehead atoms. The number of nitrogens with one attached hydrogen (secondary N) is 1. The quantitative estimate of drug-likeness (QED) is 0.272. The molecule has 1 N–H and O–H groups in total. The number of nitrogens with zero attached hydrogens (tertiary/aromatic N) is 1. The molecule has 4 aromatic rings. The van der Waals surface area contributed by atoms with Gasteiger partial charge < -0.3 is 10.2 Å². The van der Waals surface area contributed by atoms with Crippen LogP contribution in [0.1, 0.15) is 43.6 Å². The summed E-state index contributed by atoms with van der Waals surface area (Å²) in [6, 6.07) is 22.6. The summed E-state index contributed by atoms with van der Waals surface area (Å²) in [5.41, 5.74) is 4.27. The molecule has 4 heterocycles. The molecule has 5 nitrogen and oxygen atoms in total. The predicted molar refractivity (Wildman–Crippen MR) is 160 cm³/mol. The standard InChI is InChI=1S/C33H25ClN2O3S/c1-18-13-14-25-21(16-18)19(2)17-27-33(22-9-4-6-11-24(22)35-32(33)39)28(30(37)20-8-3-5-10-23(20)34)29(36(25)27)31(38)26-12-7-15-40-26/h3-17,27-29H,1-2H3,(H,35,39)/t27-,28+,29+,33-/m1/s1. The Hall–Kier alpha value is -4.00. The highest BCUT2D eigenvalue weighted by Crippen LogP contribution is 2.59. The number of halogens is 1. The average molecular weight is 565 g/mol. The van der Waals surface area contributed by atoms with Gasteiger partial charge in [-0.2, -0.15) is 0 Å². The predicted octanol–water partition coefficient (Wildman–Crippen LogP) is 6.96. The fourth-order valence-corrected chi connectivity index (χ4v) is 7.87. The maximum atomic E-state index is 14.8. The number of benzene rings is 3. The summed E-state index contributed by atoms with van der Waals surface area (Å²) in [4.78, 5) is 46.3. The fraction of sp³-hybridized carbons (Fsp3) is 0.182. The highest BCUT2D eigenvalue weighted by molar-refractivity contribution is 7.12. The first-order chi connectivity index (χ1) is 19.3. The minimum absolute atomic E-state index is 0.182. The van der Waals surface area contributed by atoms with E-state index in [1.54, 1.807) is 30.3 Å². The van der Waals surface area contributed by atoms with Crippen LogP contribution < -0.4 is 10.2 Å². The smallest absolute Gasteiger partial charge is 0.238 e. The van der Waals surface area contributed by atoms with E-state index in [2.05, 4.69) is 17.5 Å². The highest BCUT2D eigenvalue weighted by atomic mass is 35.5. The maximum absolute atomic E-state index is 14.8. The summed E-state index contributed by atoms with van der Waals surface area (Å²) >= 11 is 7.94. The number of allylic oxidation sites excluding steroid dienone is 1. The molecule has 1 fully saturated rings. The van der Waals surface area contributed by atoms with Gasteiger partial charge in [0.05, 0.1) is 21.9 Å². The zero-order valence-corrected chi connectivity index (χ0v) is 23.4. The Morgan fingerprint density at radius 2 is 1.73 bits per heavy atom. The van der Waals surface area contributed by atoms with Gasteiger partial charge in [0.25, 0.3) is 0 Å². The van der Waals surface area contributed by atoms with Crippen molar-refractivity contribution in [3.05, 3.63) is 122 Å². The van der Waals surface area contributed by atoms with Crippen LogP contribution in [0.4, 0.5) is 11.4 Å². The van der Waals surface area contributed by atoms with Gasteiger partial charge in [-0.3, -0.25) is 14.4 Å². The summed E-state index contributed by atoms with van der Waals surface area (Å²) in [5.74, 6) is -1.82. The number of aryl methyl sites for hydroxylation is 1. The monoisotopic (exact) mass is 564 g/mol. The number of fused-ring (bicyclic) bond motifs is 6. The molecule has 198 valence electrons. The van der Waals surface area contributed by atoms with Crippen LogP contribution in [-0.4, -0.2) is 29.6 Å². The number of para-hydroxylation sites is 1. The van der Waals surface area contributed by atoms with Gasteiger partial charge in [0.15, 0.2) is 11.6 Å². The van der Waals surface area contributed by atoms with E-state index in [0.29, 0.717) is 21.2 Å². The first-order valence-corrected chi connectivity index (χ1v) is 14.4. The Kier molecular flexibility index (Phi) is 5.63. The zero-order valence-electron chi connectivity index (χ0n) is 21.9. The molecule has 0 radical (unpaired) electrons. The molecular weight excluding hydrogens is 540 g/mol. The molecule has 1 spiro atoms. The van der Waals surface area contributed by atoms with Crippen molar-refractivity contribution in [2.24, 2.45) is 5.92 Å². The molecular formula is C33H25ClN2O3S. The van der Waals surface area contributed by atoms with E-state index >= 15 is 0 Å². The summed E-state index contributed by atoms with van der Waals surface area (Å²) in [7, 11) is 0. The zero-order chi connectivity index (χ0) is 27.8. The van der Waals surface area contributed by atoms with Gasteiger partial charge in [-0.15, -0.1) is 11.3 Å². The first-order valence-electron chi connectivity index (χ1n) is 13.2. The van der Waals surface area contributed by atoms with Gasteiger partial charge in [0.1, 0.15) is 11.5 Å². The summed E-state index contributed by atoms with van der Waals surface area (Å²) in [5, 5.41) is 5.22. The Labute approximate surface area is 241 Å². The van der Waals surface area contributed by atoms with Crippen LogP contribution in [0.3, 0.4) is 0 Å². The third kappa shape index (κ3) is 3.30. The Balaban J connectivity index is 1.58. The maximum Gasteiger partial charge on any atom is 0.238 e. The van der Waals surface area contributed by atoms with Crippen molar-refractivity contribution in [1.82, 2.24) is 0 Å². The molecule has 3 aliphatic heterocycles. The summed E-state index contributed by atoms with van der Waals surface area (Å²) < 4.78 is 0. The van der Waals surface area contributed by atoms with Gasteiger partial charge >= 0.3 is 0 Å². The molecule has 0 saturated carbocycles. The van der Waals surface area contributed by atoms with Crippen LogP contribution in [0, 0.1) is 12.8 Å². The first kappa shape index (κ1) is 25.0. The van der Waals surface area contributed by atoms with E-state index in [1.807, 2.05) is 66.6 Å². The number of ketones is 2. The Bertz CT molecular complexity index is 1760. The summed E-state index contributed by atoms with van der Waals surface area (Å²) in [6.45, 7) is 4.06. The largest absolute Gasteiger partial charge is 0.352 e. The molecule has 0 unspecified atom stereocenters. The van der Waals surface area contributed by atoms with Crippen molar-refractivity contribution in [3.63, 3.8) is 0 Å². The SMILES string of the molecule is CC1=C[C@H]2N(c3ccc(C)cc31)[C@H](C(=O)c1cccs1)[C@@H](C(=O)c1ccccc1Cl)[C@]21C(=O)Nc2ccccc21. The number of Topliss-reactive ketones (excluding diaryl/α,β-unsaturated/α-hetero) is 2. The third-order valence-corrected chi connectivity index (χ3v) is 9.80. The molecule has 1 amide bonds. The molecule has 7 rings (SSSR count). The van der Waals surface area contributed by atoms with Crippen molar-refractivity contribution < 1.29 is 14.4 Å². The lowest BCUT2D eigenvalue weighted by Crippen LogP contribution is -2.51. The van der Waals surface area contributed by atoms with Crippen molar-refractivity contribution >= 4 is 57.4 Å². The van der Waals surface area contributed by atoms with Crippen LogP contribution in [-0.2, 0) is 10.2 Å². The number of rotatable bonds is 4. The Morgan fingerprint density at radius 3 is 2.50 bits per heavy atom. The number of carbonyl (C=O) groups is 3. The van der Waals surface area contributed by atoms with E-state index in [4.69, 9.17) is 11.6 Å². The molecule has 4 atom stereocenters. The highest BCUT2D eigenvalue weighted by Gasteiger charge is 2.70. The van der Waals surface area contributed by atoms with Crippen molar-refractivity contribution in [2.45, 2.75) is 31.3 Å². The van der Waals surface area contributed by atoms with Crippen LogP contribution >= 0.6 is 22.9 Å². The second kappa shape index (κ2) is 9.01. The van der Waals surface area contributed by atoms with Gasteiger partial charge in [-0.25, -0.2) is 0 Å². The van der Waals surface area contributed by atoms with E-state index in [-0.39, 0.29) is 17.5 Å². The second-order valence-corrected chi connectivity index (χ2v) is 12.1. The summed E-state index contributed by atoms with van der Waals surface area (Å²) in [6.07, 6.45) is 2.07. The molecule has 3 aromatic carbocycles. The van der Waals surface area contributed by atoms with Gasteiger partial charge in [-0.1, -0.05) is 65.7 Å². The van der Waals surface area contributed by atoms with Gasteiger partial charge in [-0.05, 0) is 66.8 Å². The molecule has 7 heteroatoms. The molecule has 1 saturated heterocycles. The number of amides is 1. The van der Waals surface area contributed by atoms with Crippen molar-refractivity contribution in [3.8, 4) is 0 Å². The minimum atomic E-state index is -1.35. The molecule has 1 aromatic heterocycles. The number of hydrogen-bond acceptors (Lipinski definition) is 5. The molecule has 0 aliphatic carbocycles. The van der Waals surface area contributed by atoms with Crippen molar-refractivity contribution in [2.75, 3.05) is 10.2 Å².